The maximum Gasteiger partial charge on any atom is 0.145 e. The minimum Gasteiger partial charge on any atom is -0.457 e. The molecule has 2 aromatic heterocycles. The van der Waals surface area contributed by atoms with Gasteiger partial charge in [0.1, 0.15) is 23.1 Å². The fourth-order valence-electron chi connectivity index (χ4n) is 7.99. The summed E-state index contributed by atoms with van der Waals surface area (Å²) in [6.07, 6.45) is 0. The minimum absolute atomic E-state index is 0.303. The van der Waals surface area contributed by atoms with Crippen molar-refractivity contribution in [2.45, 2.75) is 79.1 Å². The van der Waals surface area contributed by atoms with Crippen molar-refractivity contribution in [2.24, 2.45) is 0 Å². The number of hydrogen-bond donors (Lipinski definition) is 0. The van der Waals surface area contributed by atoms with Gasteiger partial charge in [-0.15, -0.1) is 0 Å². The Kier molecular flexibility index (Phi) is 10.7. The first-order valence-electron chi connectivity index (χ1n) is 19.9. The van der Waals surface area contributed by atoms with Crippen LogP contribution in [0.25, 0.3) is 56.2 Å². The lowest BCUT2D eigenvalue weighted by Crippen LogP contribution is -2.09. The summed E-state index contributed by atoms with van der Waals surface area (Å²) in [7, 11) is 0. The zero-order valence-corrected chi connectivity index (χ0v) is 37.0. The predicted octanol–water partition coefficient (Wildman–Crippen LogP) is 15.5. The highest BCUT2D eigenvalue weighted by molar-refractivity contribution is 9.10. The molecule has 0 aliphatic carbocycles. The number of halogens is 2. The Bertz CT molecular complexity index is 2520. The van der Waals surface area contributed by atoms with Crippen molar-refractivity contribution in [3.05, 3.63) is 153 Å². The van der Waals surface area contributed by atoms with Crippen LogP contribution in [0.15, 0.2) is 130 Å². The van der Waals surface area contributed by atoms with Gasteiger partial charge in [0.05, 0.1) is 33.4 Å². The third-order valence-corrected chi connectivity index (χ3v) is 11.7. The van der Waals surface area contributed by atoms with Gasteiger partial charge in [-0.3, -0.25) is 9.13 Å². The largest absolute Gasteiger partial charge is 0.457 e. The fraction of sp³-hybridized carbons (Fsp3) is 0.240. The summed E-state index contributed by atoms with van der Waals surface area (Å²) < 4.78 is 13.6. The molecule has 0 N–H and O–H groups in total. The van der Waals surface area contributed by atoms with Gasteiger partial charge in [-0.2, -0.15) is 0 Å². The summed E-state index contributed by atoms with van der Waals surface area (Å²) in [4.78, 5) is 10.5. The Morgan fingerprint density at radius 3 is 1.14 bits per heavy atom. The van der Waals surface area contributed by atoms with E-state index in [0.717, 1.165) is 65.3 Å². The number of imidazole rings is 2. The van der Waals surface area contributed by atoms with Crippen molar-refractivity contribution in [1.29, 1.82) is 0 Å². The second kappa shape index (κ2) is 15.8. The number of para-hydroxylation sites is 4. The average molecular weight is 881 g/mol. The number of rotatable bonds is 10. The zero-order valence-electron chi connectivity index (χ0n) is 33.8. The smallest absolute Gasteiger partial charge is 0.145 e. The number of fused-ring (bicyclic) bond motifs is 2. The highest BCUT2D eigenvalue weighted by atomic mass is 79.9. The SMILES string of the molecule is CC(C)c1cc(Br)cc(C(C)C)c1-n1c(-c2cccc(Oc3cccc(-c4nc5ccccc5n4-c4c(C(C)C)cc(Br)cc4C(C)C)c3)c2)nc2ccccc21. The highest BCUT2D eigenvalue weighted by Crippen LogP contribution is 2.42. The van der Waals surface area contributed by atoms with Crippen LogP contribution in [0.4, 0.5) is 0 Å². The molecule has 8 aromatic rings. The van der Waals surface area contributed by atoms with Crippen LogP contribution in [0, 0.1) is 0 Å². The Morgan fingerprint density at radius 1 is 0.439 bits per heavy atom. The van der Waals surface area contributed by atoms with Gasteiger partial charge in [-0.1, -0.05) is 136 Å². The molecule has 0 saturated carbocycles. The van der Waals surface area contributed by atoms with Crippen LogP contribution >= 0.6 is 31.9 Å². The molecule has 288 valence electrons. The van der Waals surface area contributed by atoms with Crippen LogP contribution in [0.3, 0.4) is 0 Å². The normalized spacial score (nSPS) is 12.0. The van der Waals surface area contributed by atoms with E-state index in [1.807, 2.05) is 12.1 Å². The highest BCUT2D eigenvalue weighted by Gasteiger charge is 2.25. The van der Waals surface area contributed by atoms with Gasteiger partial charge < -0.3 is 4.74 Å². The quantitative estimate of drug-likeness (QED) is 0.137. The molecule has 0 aliphatic heterocycles. The molecule has 0 aliphatic rings. The van der Waals surface area contributed by atoms with E-state index in [1.165, 1.54) is 33.6 Å². The molecular weight excluding hydrogens is 832 g/mol. The summed E-state index contributed by atoms with van der Waals surface area (Å²) >= 11 is 7.63. The first-order chi connectivity index (χ1) is 27.4. The fourth-order valence-corrected chi connectivity index (χ4v) is 8.97. The molecule has 7 heteroatoms. The molecule has 0 unspecified atom stereocenters. The van der Waals surface area contributed by atoms with Crippen molar-refractivity contribution in [1.82, 2.24) is 19.1 Å². The van der Waals surface area contributed by atoms with Gasteiger partial charge in [0.15, 0.2) is 0 Å². The van der Waals surface area contributed by atoms with Crippen molar-refractivity contribution in [3.8, 4) is 45.6 Å². The standard InChI is InChI=1S/C50H48Br2N4O/c1-29(2)39-25-35(51)26-40(30(3)4)47(39)55-45-21-11-9-19-43(45)53-49(55)33-15-13-17-37(23-33)57-38-18-14-16-34(24-38)50-54-44-20-10-12-22-46(44)56(50)48-41(31(5)6)27-36(52)28-42(48)32(7)8/h9-32H,1-8H3. The molecule has 0 bridgehead atoms. The van der Waals surface area contributed by atoms with E-state index in [0.29, 0.717) is 23.7 Å². The minimum atomic E-state index is 0.303. The van der Waals surface area contributed by atoms with E-state index < -0.39 is 0 Å². The van der Waals surface area contributed by atoms with Crippen LogP contribution in [0.2, 0.25) is 0 Å². The van der Waals surface area contributed by atoms with Gasteiger partial charge in [0, 0.05) is 20.1 Å². The Hall–Kier alpha value is -4.98. The van der Waals surface area contributed by atoms with Crippen LogP contribution in [0.5, 0.6) is 11.5 Å². The molecule has 2 heterocycles. The maximum absolute atomic E-state index is 6.73. The van der Waals surface area contributed by atoms with E-state index in [4.69, 9.17) is 14.7 Å². The molecular formula is C50H48Br2N4O. The lowest BCUT2D eigenvalue weighted by atomic mass is 9.92. The summed E-state index contributed by atoms with van der Waals surface area (Å²) in [5.74, 6) is 4.44. The first kappa shape index (κ1) is 38.9. The first-order valence-corrected chi connectivity index (χ1v) is 21.5. The van der Waals surface area contributed by atoms with Gasteiger partial charge in [0.2, 0.25) is 0 Å². The van der Waals surface area contributed by atoms with E-state index >= 15 is 0 Å². The van der Waals surface area contributed by atoms with Crippen LogP contribution in [0.1, 0.15) is 101 Å². The van der Waals surface area contributed by atoms with Crippen LogP contribution in [-0.4, -0.2) is 19.1 Å². The van der Waals surface area contributed by atoms with E-state index in [-0.39, 0.29) is 0 Å². The second-order valence-corrected chi connectivity index (χ2v) is 18.0. The number of aromatic nitrogens is 4. The number of nitrogens with zero attached hydrogens (tertiary/aromatic N) is 4. The molecule has 0 amide bonds. The van der Waals surface area contributed by atoms with Gasteiger partial charge >= 0.3 is 0 Å². The van der Waals surface area contributed by atoms with Crippen molar-refractivity contribution in [3.63, 3.8) is 0 Å². The van der Waals surface area contributed by atoms with Gasteiger partial charge in [-0.05, 0) is 119 Å². The lowest BCUT2D eigenvalue weighted by molar-refractivity contribution is 0.483. The third kappa shape index (κ3) is 7.37. The summed E-state index contributed by atoms with van der Waals surface area (Å²) in [5.41, 5.74) is 13.5. The van der Waals surface area contributed by atoms with Crippen molar-refractivity contribution < 1.29 is 4.74 Å². The number of benzene rings is 6. The summed E-state index contributed by atoms with van der Waals surface area (Å²) in [6.45, 7) is 18.1. The summed E-state index contributed by atoms with van der Waals surface area (Å²) in [6, 6.07) is 42.5. The molecule has 0 atom stereocenters. The Morgan fingerprint density at radius 2 is 0.789 bits per heavy atom. The molecule has 6 aromatic carbocycles. The lowest BCUT2D eigenvalue weighted by Gasteiger charge is -2.23. The van der Waals surface area contributed by atoms with Crippen LogP contribution < -0.4 is 4.74 Å². The molecule has 0 radical (unpaired) electrons. The second-order valence-electron chi connectivity index (χ2n) is 16.2. The third-order valence-electron chi connectivity index (χ3n) is 10.7. The molecule has 57 heavy (non-hydrogen) atoms. The number of ether oxygens (including phenoxy) is 1. The Balaban J connectivity index is 1.24. The predicted molar refractivity (Wildman–Crippen MR) is 245 cm³/mol. The van der Waals surface area contributed by atoms with E-state index in [9.17, 15) is 0 Å². The van der Waals surface area contributed by atoms with Gasteiger partial charge in [0.25, 0.3) is 0 Å². The van der Waals surface area contributed by atoms with Crippen LogP contribution in [-0.2, 0) is 0 Å². The topological polar surface area (TPSA) is 44.9 Å². The van der Waals surface area contributed by atoms with Gasteiger partial charge in [-0.25, -0.2) is 9.97 Å². The zero-order chi connectivity index (χ0) is 40.1. The van der Waals surface area contributed by atoms with E-state index in [1.54, 1.807) is 0 Å². The monoisotopic (exact) mass is 878 g/mol. The molecule has 8 rings (SSSR count). The Labute approximate surface area is 353 Å². The van der Waals surface area contributed by atoms with Crippen molar-refractivity contribution >= 4 is 53.9 Å². The average Bonchev–Trinajstić information content (AvgIpc) is 3.76. The molecule has 0 saturated heterocycles. The summed E-state index contributed by atoms with van der Waals surface area (Å²) in [5, 5.41) is 0. The molecule has 5 nitrogen and oxygen atoms in total. The van der Waals surface area contributed by atoms with Crippen molar-refractivity contribution in [2.75, 3.05) is 0 Å². The molecule has 0 spiro atoms. The van der Waals surface area contributed by atoms with E-state index in [2.05, 4.69) is 206 Å². The molecule has 0 fully saturated rings. The number of hydrogen-bond acceptors (Lipinski definition) is 3. The maximum atomic E-state index is 6.73.